The van der Waals surface area contributed by atoms with Crippen LogP contribution >= 0.6 is 0 Å². The highest BCUT2D eigenvalue weighted by Crippen LogP contribution is 2.06. The Morgan fingerprint density at radius 2 is 2.00 bits per heavy atom. The zero-order chi connectivity index (χ0) is 10.4. The monoisotopic (exact) mass is 188 g/mol. The summed E-state index contributed by atoms with van der Waals surface area (Å²) in [7, 11) is 4.30. The highest BCUT2D eigenvalue weighted by Gasteiger charge is 2.21. The fourth-order valence-electron chi connectivity index (χ4n) is 0.437. The molecular weight excluding hydrogens is 182 g/mol. The minimum Gasteiger partial charge on any atom is -0.538 e. The lowest BCUT2D eigenvalue weighted by molar-refractivity contribution is -0.143. The highest BCUT2D eigenvalue weighted by molar-refractivity contribution is 6.10. The third-order valence-corrected chi connectivity index (χ3v) is 0.963. The van der Waals surface area contributed by atoms with Gasteiger partial charge < -0.3 is 14.5 Å². The standard InChI is InChI=1S/C6H6BFO5/c1-2-12-6(11)4(9)3(8)5(10)13-7/h9H,2H2,1H3/b4-3+. The Balaban J connectivity index is 4.60. The number of halogens is 1. The number of hydrogen-bond donors (Lipinski definition) is 1. The van der Waals surface area contributed by atoms with Crippen molar-refractivity contribution >= 4 is 20.0 Å². The van der Waals surface area contributed by atoms with Crippen molar-refractivity contribution < 1.29 is 28.5 Å². The molecule has 13 heavy (non-hydrogen) atoms. The first-order chi connectivity index (χ1) is 6.04. The second-order valence-corrected chi connectivity index (χ2v) is 1.79. The van der Waals surface area contributed by atoms with Gasteiger partial charge in [-0.05, 0) is 6.92 Å². The van der Waals surface area contributed by atoms with E-state index < -0.39 is 23.5 Å². The van der Waals surface area contributed by atoms with E-state index in [0.717, 1.165) is 0 Å². The molecule has 0 atom stereocenters. The predicted molar refractivity (Wildman–Crippen MR) is 39.2 cm³/mol. The van der Waals surface area contributed by atoms with Crippen LogP contribution in [0.15, 0.2) is 11.6 Å². The summed E-state index contributed by atoms with van der Waals surface area (Å²) in [5.74, 6) is -6.26. The summed E-state index contributed by atoms with van der Waals surface area (Å²) in [5.41, 5.74) is 0. The van der Waals surface area contributed by atoms with E-state index >= 15 is 0 Å². The molecule has 0 unspecified atom stereocenters. The first-order valence-corrected chi connectivity index (χ1v) is 3.21. The average molecular weight is 188 g/mol. The molecule has 2 radical (unpaired) electrons. The Kier molecular flexibility index (Phi) is 4.57. The van der Waals surface area contributed by atoms with Crippen LogP contribution in [0.1, 0.15) is 6.92 Å². The van der Waals surface area contributed by atoms with Crippen LogP contribution in [0.25, 0.3) is 0 Å². The van der Waals surface area contributed by atoms with Gasteiger partial charge in [-0.15, -0.1) is 0 Å². The van der Waals surface area contributed by atoms with Gasteiger partial charge in [0.25, 0.3) is 5.83 Å². The van der Waals surface area contributed by atoms with Gasteiger partial charge in [0.1, 0.15) is 0 Å². The van der Waals surface area contributed by atoms with Gasteiger partial charge in [0, 0.05) is 0 Å². The summed E-state index contributed by atoms with van der Waals surface area (Å²) >= 11 is 0. The molecular formula is C6H6BFO5. The molecule has 0 amide bonds. The van der Waals surface area contributed by atoms with Crippen molar-refractivity contribution in [1.82, 2.24) is 0 Å². The molecule has 0 spiro atoms. The maximum absolute atomic E-state index is 12.5. The van der Waals surface area contributed by atoms with Crippen molar-refractivity contribution in [2.75, 3.05) is 6.61 Å². The SMILES string of the molecule is [B]OC(=O)/C(F)=C(\O)C(=O)OCC. The van der Waals surface area contributed by atoms with E-state index in [2.05, 4.69) is 17.4 Å². The Hall–Kier alpha value is -1.53. The van der Waals surface area contributed by atoms with Crippen LogP contribution in [0, 0.1) is 0 Å². The molecule has 0 aliphatic heterocycles. The van der Waals surface area contributed by atoms with Gasteiger partial charge >= 0.3 is 20.0 Å². The Labute approximate surface area is 74.6 Å². The van der Waals surface area contributed by atoms with E-state index in [9.17, 15) is 14.0 Å². The van der Waals surface area contributed by atoms with Crippen LogP contribution in [0.3, 0.4) is 0 Å². The zero-order valence-corrected chi connectivity index (χ0v) is 6.74. The molecule has 70 valence electrons. The summed E-state index contributed by atoms with van der Waals surface area (Å²) in [6, 6.07) is 0. The van der Waals surface area contributed by atoms with Crippen LogP contribution in [0.5, 0.6) is 0 Å². The van der Waals surface area contributed by atoms with Gasteiger partial charge in [0.2, 0.25) is 5.76 Å². The summed E-state index contributed by atoms with van der Waals surface area (Å²) in [6.45, 7) is 1.39. The lowest BCUT2D eigenvalue weighted by atomic mass is 10.4. The number of aliphatic hydroxyl groups excluding tert-OH is 1. The number of ether oxygens (including phenoxy) is 1. The zero-order valence-electron chi connectivity index (χ0n) is 6.74. The number of aliphatic hydroxyl groups is 1. The first-order valence-electron chi connectivity index (χ1n) is 3.21. The minimum atomic E-state index is -1.79. The number of rotatable bonds is 3. The molecule has 0 saturated carbocycles. The van der Waals surface area contributed by atoms with Crippen LogP contribution in [-0.4, -0.2) is 31.7 Å². The third-order valence-electron chi connectivity index (χ3n) is 0.963. The van der Waals surface area contributed by atoms with Crippen molar-refractivity contribution in [3.05, 3.63) is 11.6 Å². The molecule has 0 fully saturated rings. The second-order valence-electron chi connectivity index (χ2n) is 1.79. The van der Waals surface area contributed by atoms with E-state index in [1.165, 1.54) is 6.92 Å². The molecule has 0 aromatic heterocycles. The van der Waals surface area contributed by atoms with Crippen LogP contribution < -0.4 is 0 Å². The fourth-order valence-corrected chi connectivity index (χ4v) is 0.437. The van der Waals surface area contributed by atoms with Crippen molar-refractivity contribution in [3.8, 4) is 0 Å². The summed E-state index contributed by atoms with van der Waals surface area (Å²) in [5, 5.41) is 8.69. The number of carbonyl (C=O) groups excluding carboxylic acids is 2. The normalized spacial score (nSPS) is 11.5. The topological polar surface area (TPSA) is 72.8 Å². The molecule has 1 N–H and O–H groups in total. The van der Waals surface area contributed by atoms with Crippen molar-refractivity contribution in [2.45, 2.75) is 6.92 Å². The van der Waals surface area contributed by atoms with Crippen molar-refractivity contribution in [1.29, 1.82) is 0 Å². The number of esters is 1. The second kappa shape index (κ2) is 5.18. The Bertz CT molecular complexity index is 249. The van der Waals surface area contributed by atoms with E-state index in [1.807, 2.05) is 0 Å². The predicted octanol–water partition coefficient (Wildman–Crippen LogP) is -0.0847. The first kappa shape index (κ1) is 11.5. The Morgan fingerprint density at radius 3 is 2.38 bits per heavy atom. The molecule has 0 aromatic carbocycles. The van der Waals surface area contributed by atoms with Crippen LogP contribution in [0.4, 0.5) is 4.39 Å². The Morgan fingerprint density at radius 1 is 1.46 bits per heavy atom. The lowest BCUT2D eigenvalue weighted by Crippen LogP contribution is -2.13. The molecule has 7 heteroatoms. The maximum Gasteiger partial charge on any atom is 0.378 e. The molecule has 0 aliphatic rings. The minimum absolute atomic E-state index is 0.0617. The van der Waals surface area contributed by atoms with Crippen LogP contribution in [0.2, 0.25) is 0 Å². The maximum atomic E-state index is 12.5. The molecule has 0 rings (SSSR count). The average Bonchev–Trinajstić information content (AvgIpc) is 2.14. The van der Waals surface area contributed by atoms with E-state index in [-0.39, 0.29) is 6.61 Å². The number of carbonyl (C=O) groups is 2. The van der Waals surface area contributed by atoms with E-state index in [4.69, 9.17) is 5.11 Å². The molecule has 0 aromatic rings. The van der Waals surface area contributed by atoms with E-state index in [0.29, 0.717) is 0 Å². The molecule has 0 aliphatic carbocycles. The smallest absolute Gasteiger partial charge is 0.378 e. The largest absolute Gasteiger partial charge is 0.538 e. The number of hydrogen-bond acceptors (Lipinski definition) is 5. The van der Waals surface area contributed by atoms with Gasteiger partial charge in [0.05, 0.1) is 6.61 Å². The summed E-state index contributed by atoms with van der Waals surface area (Å²) in [4.78, 5) is 20.9. The van der Waals surface area contributed by atoms with Crippen molar-refractivity contribution in [3.63, 3.8) is 0 Å². The van der Waals surface area contributed by atoms with Gasteiger partial charge in [0.15, 0.2) is 0 Å². The van der Waals surface area contributed by atoms with E-state index in [1.54, 1.807) is 0 Å². The lowest BCUT2D eigenvalue weighted by Gasteiger charge is -2.01. The molecule has 5 nitrogen and oxygen atoms in total. The molecule has 0 heterocycles. The van der Waals surface area contributed by atoms with Gasteiger partial charge in [-0.2, -0.15) is 4.39 Å². The van der Waals surface area contributed by atoms with Crippen molar-refractivity contribution in [2.24, 2.45) is 0 Å². The molecule has 0 bridgehead atoms. The highest BCUT2D eigenvalue weighted by atomic mass is 19.1. The van der Waals surface area contributed by atoms with Gasteiger partial charge in [-0.3, -0.25) is 0 Å². The fraction of sp³-hybridized carbons (Fsp3) is 0.333. The van der Waals surface area contributed by atoms with Gasteiger partial charge in [-0.25, -0.2) is 9.59 Å². The third kappa shape index (κ3) is 3.14. The quantitative estimate of drug-likeness (QED) is 0.290. The van der Waals surface area contributed by atoms with Gasteiger partial charge in [-0.1, -0.05) is 0 Å². The summed E-state index contributed by atoms with van der Waals surface area (Å²) in [6.07, 6.45) is 0. The molecule has 0 saturated heterocycles. The van der Waals surface area contributed by atoms with Crippen LogP contribution in [-0.2, 0) is 19.0 Å². The summed E-state index contributed by atoms with van der Waals surface area (Å²) < 4.78 is 20.1.